The van der Waals surface area contributed by atoms with Gasteiger partial charge in [0.2, 0.25) is 0 Å². The first-order valence-electron chi connectivity index (χ1n) is 9.89. The van der Waals surface area contributed by atoms with Crippen molar-refractivity contribution in [3.05, 3.63) is 68.1 Å². The maximum absolute atomic E-state index is 12.7. The van der Waals surface area contributed by atoms with Crippen LogP contribution < -0.4 is 4.74 Å². The second kappa shape index (κ2) is 10.00. The molecule has 0 aliphatic carbocycles. The number of carbonyl (C=O) groups excluding carboxylic acids is 2. The fraction of sp³-hybridized carbons (Fsp3) is 0.125. The highest BCUT2D eigenvalue weighted by Gasteiger charge is 2.34. The lowest BCUT2D eigenvalue weighted by Gasteiger charge is -2.10. The number of nitrogens with zero attached hydrogens (tertiary/aromatic N) is 3. The summed E-state index contributed by atoms with van der Waals surface area (Å²) in [6.45, 7) is 2.38. The van der Waals surface area contributed by atoms with Gasteiger partial charge in [-0.1, -0.05) is 24.1 Å². The molecule has 166 valence electrons. The van der Waals surface area contributed by atoms with Gasteiger partial charge in [-0.05, 0) is 80.9 Å². The molecule has 0 bridgehead atoms. The van der Waals surface area contributed by atoms with Gasteiger partial charge < -0.3 is 4.74 Å². The molecule has 2 amide bonds. The number of ether oxygens (including phenoxy) is 1. The number of para-hydroxylation sites is 1. The van der Waals surface area contributed by atoms with Crippen LogP contribution >= 0.6 is 43.6 Å². The highest BCUT2D eigenvalue weighted by molar-refractivity contribution is 9.11. The Morgan fingerprint density at radius 2 is 1.88 bits per heavy atom. The lowest BCUT2D eigenvalue weighted by atomic mass is 10.1. The summed E-state index contributed by atoms with van der Waals surface area (Å²) >= 11 is 8.01. The van der Waals surface area contributed by atoms with Crippen molar-refractivity contribution >= 4 is 60.8 Å². The predicted molar refractivity (Wildman–Crippen MR) is 137 cm³/mol. The Balaban J connectivity index is 1.84. The van der Waals surface area contributed by atoms with Crippen LogP contribution in [0.1, 0.15) is 12.5 Å². The summed E-state index contributed by atoms with van der Waals surface area (Å²) in [5.41, 5.74) is 3.00. The Hall–Kier alpha value is -2.80. The number of thioether (sulfide) groups is 1. The minimum Gasteiger partial charge on any atom is -0.492 e. The molecule has 0 atom stereocenters. The summed E-state index contributed by atoms with van der Waals surface area (Å²) in [5.74, 6) is 2.64. The fourth-order valence-electron chi connectivity index (χ4n) is 3.28. The van der Waals surface area contributed by atoms with E-state index in [0.29, 0.717) is 28.5 Å². The second-order valence-corrected chi connectivity index (χ2v) is 9.59. The van der Waals surface area contributed by atoms with E-state index in [2.05, 4.69) is 37.8 Å². The first-order chi connectivity index (χ1) is 15.9. The second-order valence-electron chi connectivity index (χ2n) is 6.89. The highest BCUT2D eigenvalue weighted by Crippen LogP contribution is 2.40. The highest BCUT2D eigenvalue weighted by atomic mass is 79.9. The zero-order chi connectivity index (χ0) is 23.5. The van der Waals surface area contributed by atoms with Crippen LogP contribution in [0.2, 0.25) is 0 Å². The molecule has 1 aromatic heterocycles. The first kappa shape index (κ1) is 23.4. The molecule has 0 spiro atoms. The van der Waals surface area contributed by atoms with Gasteiger partial charge in [0.1, 0.15) is 11.4 Å². The molecular formula is C24H17Br2N3O3S. The molecule has 2 aromatic carbocycles. The molecule has 0 unspecified atom stereocenters. The van der Waals surface area contributed by atoms with Crippen molar-refractivity contribution in [2.45, 2.75) is 6.92 Å². The van der Waals surface area contributed by atoms with Crippen molar-refractivity contribution < 1.29 is 14.3 Å². The van der Waals surface area contributed by atoms with Gasteiger partial charge in [0.15, 0.2) is 0 Å². The molecule has 1 fully saturated rings. The molecule has 0 radical (unpaired) electrons. The monoisotopic (exact) mass is 585 g/mol. The summed E-state index contributed by atoms with van der Waals surface area (Å²) in [6.07, 6.45) is 8.82. The smallest absolute Gasteiger partial charge is 0.294 e. The standard InChI is InChI=1S/C24H17Br2N3O3S/c1-3-10-28-23(30)20(33-24(28)31)13-16-14-29(17-8-6-5-7-9-17)27-21(16)15-11-18(25)22(32-4-2)19(26)12-15/h1,5-9,11-14H,4,10H2,2H3/b20-13-. The Bertz CT molecular complexity index is 1290. The molecule has 2 heterocycles. The molecule has 1 aliphatic heterocycles. The zero-order valence-corrected chi connectivity index (χ0v) is 21.4. The lowest BCUT2D eigenvalue weighted by Crippen LogP contribution is -2.28. The third-order valence-corrected chi connectivity index (χ3v) is 6.82. The van der Waals surface area contributed by atoms with Gasteiger partial charge in [-0.2, -0.15) is 5.10 Å². The Morgan fingerprint density at radius 1 is 1.18 bits per heavy atom. The van der Waals surface area contributed by atoms with E-state index in [1.807, 2.05) is 55.6 Å². The van der Waals surface area contributed by atoms with Crippen LogP contribution in [-0.2, 0) is 4.79 Å². The summed E-state index contributed by atoms with van der Waals surface area (Å²) < 4.78 is 8.97. The van der Waals surface area contributed by atoms with Crippen molar-refractivity contribution in [1.82, 2.24) is 14.7 Å². The van der Waals surface area contributed by atoms with Crippen LogP contribution in [0, 0.1) is 12.3 Å². The van der Waals surface area contributed by atoms with E-state index in [1.165, 1.54) is 0 Å². The van der Waals surface area contributed by atoms with Gasteiger partial charge in [-0.25, -0.2) is 4.68 Å². The summed E-state index contributed by atoms with van der Waals surface area (Å²) in [4.78, 5) is 26.3. The van der Waals surface area contributed by atoms with Gasteiger partial charge in [-0.3, -0.25) is 14.5 Å². The van der Waals surface area contributed by atoms with Crippen molar-refractivity contribution in [3.63, 3.8) is 0 Å². The number of carbonyl (C=O) groups is 2. The van der Waals surface area contributed by atoms with Gasteiger partial charge in [0, 0.05) is 17.3 Å². The maximum atomic E-state index is 12.7. The quantitative estimate of drug-likeness (QED) is 0.257. The van der Waals surface area contributed by atoms with Gasteiger partial charge in [-0.15, -0.1) is 6.42 Å². The Morgan fingerprint density at radius 3 is 2.52 bits per heavy atom. The SMILES string of the molecule is C#CCN1C(=O)S/C(=C\c2cn(-c3ccccc3)nc2-c2cc(Br)c(OCC)c(Br)c2)C1=O. The molecule has 0 N–H and O–H groups in total. The molecular weight excluding hydrogens is 570 g/mol. The minimum absolute atomic E-state index is 0.0586. The van der Waals surface area contributed by atoms with Crippen LogP contribution in [0.25, 0.3) is 23.0 Å². The molecule has 0 saturated carbocycles. The van der Waals surface area contributed by atoms with E-state index in [-0.39, 0.29) is 11.8 Å². The molecule has 4 rings (SSSR count). The average Bonchev–Trinajstić information content (AvgIpc) is 3.34. The number of halogens is 2. The van der Waals surface area contributed by atoms with Crippen molar-refractivity contribution in [3.8, 4) is 35.0 Å². The van der Waals surface area contributed by atoms with E-state index < -0.39 is 5.91 Å². The first-order valence-corrected chi connectivity index (χ1v) is 12.3. The number of amides is 2. The van der Waals surface area contributed by atoms with Crippen LogP contribution in [0.3, 0.4) is 0 Å². The third-order valence-electron chi connectivity index (χ3n) is 4.73. The summed E-state index contributed by atoms with van der Waals surface area (Å²) in [6, 6.07) is 13.5. The summed E-state index contributed by atoms with van der Waals surface area (Å²) in [5, 5.41) is 4.41. The number of imide groups is 1. The van der Waals surface area contributed by atoms with Gasteiger partial charge in [0.25, 0.3) is 11.1 Å². The van der Waals surface area contributed by atoms with Crippen molar-refractivity contribution in [2.24, 2.45) is 0 Å². The maximum Gasteiger partial charge on any atom is 0.294 e. The van der Waals surface area contributed by atoms with E-state index in [1.54, 1.807) is 10.8 Å². The van der Waals surface area contributed by atoms with E-state index in [4.69, 9.17) is 16.3 Å². The Labute approximate surface area is 212 Å². The molecule has 9 heteroatoms. The molecule has 1 saturated heterocycles. The number of aromatic nitrogens is 2. The topological polar surface area (TPSA) is 64.4 Å². The number of benzene rings is 2. The number of rotatable bonds is 6. The number of hydrogen-bond acceptors (Lipinski definition) is 5. The molecule has 1 aliphatic rings. The molecule has 6 nitrogen and oxygen atoms in total. The summed E-state index contributed by atoms with van der Waals surface area (Å²) in [7, 11) is 0. The fourth-order valence-corrected chi connectivity index (χ4v) is 5.52. The van der Waals surface area contributed by atoms with E-state index in [9.17, 15) is 9.59 Å². The van der Waals surface area contributed by atoms with Crippen LogP contribution in [-0.4, -0.2) is 39.0 Å². The average molecular weight is 587 g/mol. The molecule has 33 heavy (non-hydrogen) atoms. The largest absolute Gasteiger partial charge is 0.492 e. The van der Waals surface area contributed by atoms with E-state index in [0.717, 1.165) is 36.9 Å². The number of terminal acetylenes is 1. The van der Waals surface area contributed by atoms with Crippen molar-refractivity contribution in [1.29, 1.82) is 0 Å². The predicted octanol–water partition coefficient (Wildman–Crippen LogP) is 6.13. The third kappa shape index (κ3) is 4.78. The Kier molecular flexibility index (Phi) is 7.08. The van der Waals surface area contributed by atoms with Crippen LogP contribution in [0.5, 0.6) is 5.75 Å². The normalized spacial score (nSPS) is 14.7. The number of hydrogen-bond donors (Lipinski definition) is 0. The van der Waals surface area contributed by atoms with Gasteiger partial charge in [0.05, 0.1) is 32.7 Å². The van der Waals surface area contributed by atoms with E-state index >= 15 is 0 Å². The van der Waals surface area contributed by atoms with Crippen LogP contribution in [0.4, 0.5) is 4.79 Å². The minimum atomic E-state index is -0.407. The van der Waals surface area contributed by atoms with Crippen molar-refractivity contribution in [2.75, 3.05) is 13.2 Å². The molecule has 3 aromatic rings. The zero-order valence-electron chi connectivity index (χ0n) is 17.4. The lowest BCUT2D eigenvalue weighted by molar-refractivity contribution is -0.122. The van der Waals surface area contributed by atoms with Gasteiger partial charge >= 0.3 is 0 Å². The van der Waals surface area contributed by atoms with Crippen LogP contribution in [0.15, 0.2) is 62.5 Å².